The van der Waals surface area contributed by atoms with E-state index >= 15 is 0 Å². The first-order valence-corrected chi connectivity index (χ1v) is 6.71. The summed E-state index contributed by atoms with van der Waals surface area (Å²) in [5.74, 6) is -0.684. The van der Waals surface area contributed by atoms with Crippen LogP contribution in [0.1, 0.15) is 31.7 Å². The third-order valence-electron chi connectivity index (χ3n) is 4.03. The Hall–Kier alpha value is -1.35. The molecule has 1 aromatic rings. The van der Waals surface area contributed by atoms with E-state index in [2.05, 4.69) is 4.90 Å². The number of carboxylic acids is 1. The van der Waals surface area contributed by atoms with Crippen LogP contribution >= 0.6 is 0 Å². The second-order valence-electron chi connectivity index (χ2n) is 5.05. The van der Waals surface area contributed by atoms with Gasteiger partial charge in [0.05, 0.1) is 0 Å². The van der Waals surface area contributed by atoms with Gasteiger partial charge in [-0.25, -0.2) is 0 Å². The van der Waals surface area contributed by atoms with Gasteiger partial charge in [-0.3, -0.25) is 9.69 Å². The summed E-state index contributed by atoms with van der Waals surface area (Å²) in [5.41, 5.74) is 0.381. The molecule has 3 nitrogen and oxygen atoms in total. The van der Waals surface area contributed by atoms with Gasteiger partial charge in [0.25, 0.3) is 0 Å². The summed E-state index contributed by atoms with van der Waals surface area (Å²) >= 11 is 0. The molecule has 1 aliphatic rings. The van der Waals surface area contributed by atoms with Gasteiger partial charge in [0, 0.05) is 6.42 Å². The van der Waals surface area contributed by atoms with Crippen molar-refractivity contribution in [3.05, 3.63) is 35.9 Å². The number of aliphatic carboxylic acids is 1. The van der Waals surface area contributed by atoms with E-state index in [0.717, 1.165) is 31.5 Å². The molecule has 18 heavy (non-hydrogen) atoms. The molecule has 1 aromatic carbocycles. The third-order valence-corrected chi connectivity index (χ3v) is 4.03. The van der Waals surface area contributed by atoms with Crippen molar-refractivity contribution in [2.75, 3.05) is 13.1 Å². The predicted molar refractivity (Wildman–Crippen MR) is 71.6 cm³/mol. The van der Waals surface area contributed by atoms with Gasteiger partial charge < -0.3 is 5.11 Å². The smallest absolute Gasteiger partial charge is 0.324 e. The van der Waals surface area contributed by atoms with Crippen LogP contribution in [0.25, 0.3) is 0 Å². The maximum atomic E-state index is 11.8. The van der Waals surface area contributed by atoms with E-state index in [0.29, 0.717) is 12.8 Å². The molecule has 0 saturated carbocycles. The predicted octanol–water partition coefficient (Wildman–Crippen LogP) is 2.56. The maximum Gasteiger partial charge on any atom is 0.324 e. The van der Waals surface area contributed by atoms with E-state index in [4.69, 9.17) is 0 Å². The lowest BCUT2D eigenvalue weighted by molar-refractivity contribution is -0.151. The van der Waals surface area contributed by atoms with Crippen LogP contribution in [0, 0.1) is 0 Å². The van der Waals surface area contributed by atoms with Crippen molar-refractivity contribution in [1.82, 2.24) is 4.90 Å². The number of hydrogen-bond acceptors (Lipinski definition) is 2. The minimum atomic E-state index is -0.724. The molecule has 0 bridgehead atoms. The van der Waals surface area contributed by atoms with Gasteiger partial charge in [-0.1, -0.05) is 37.3 Å². The lowest BCUT2D eigenvalue weighted by Crippen LogP contribution is -2.54. The molecule has 2 rings (SSSR count). The van der Waals surface area contributed by atoms with Crippen LogP contribution in [0.2, 0.25) is 0 Å². The first kappa shape index (κ1) is 13.1. The number of nitrogens with zero attached hydrogens (tertiary/aromatic N) is 1. The Morgan fingerprint density at radius 3 is 2.39 bits per heavy atom. The molecule has 98 valence electrons. The summed E-state index contributed by atoms with van der Waals surface area (Å²) in [5, 5.41) is 9.70. The Labute approximate surface area is 108 Å². The van der Waals surface area contributed by atoms with Gasteiger partial charge in [-0.05, 0) is 37.9 Å². The molecule has 0 amide bonds. The minimum absolute atomic E-state index is 0.597. The Kier molecular flexibility index (Phi) is 4.02. The first-order valence-electron chi connectivity index (χ1n) is 6.71. The first-order chi connectivity index (χ1) is 8.69. The Morgan fingerprint density at radius 1 is 1.28 bits per heavy atom. The molecule has 1 saturated heterocycles. The minimum Gasteiger partial charge on any atom is -0.480 e. The van der Waals surface area contributed by atoms with Gasteiger partial charge in [0.1, 0.15) is 5.54 Å². The van der Waals surface area contributed by atoms with Crippen molar-refractivity contribution >= 4 is 5.97 Å². The lowest BCUT2D eigenvalue weighted by Gasteiger charge is -2.37. The molecule has 0 aromatic heterocycles. The highest BCUT2D eigenvalue weighted by atomic mass is 16.4. The third kappa shape index (κ3) is 2.41. The van der Waals surface area contributed by atoms with Crippen LogP contribution in [0.3, 0.4) is 0 Å². The van der Waals surface area contributed by atoms with Crippen molar-refractivity contribution in [1.29, 1.82) is 0 Å². The van der Waals surface area contributed by atoms with E-state index in [1.807, 2.05) is 37.3 Å². The normalized spacial score (nSPS) is 19.6. The molecule has 1 heterocycles. The molecular weight excluding hydrogens is 226 g/mol. The number of rotatable bonds is 5. The van der Waals surface area contributed by atoms with Gasteiger partial charge >= 0.3 is 5.97 Å². The highest BCUT2D eigenvalue weighted by Gasteiger charge is 2.43. The zero-order valence-electron chi connectivity index (χ0n) is 10.9. The largest absolute Gasteiger partial charge is 0.480 e. The van der Waals surface area contributed by atoms with Crippen molar-refractivity contribution < 1.29 is 9.90 Å². The van der Waals surface area contributed by atoms with Crippen LogP contribution in [0.5, 0.6) is 0 Å². The second kappa shape index (κ2) is 5.53. The zero-order valence-corrected chi connectivity index (χ0v) is 10.9. The Morgan fingerprint density at radius 2 is 1.89 bits per heavy atom. The molecular formula is C15H21NO2. The summed E-state index contributed by atoms with van der Waals surface area (Å²) in [7, 11) is 0. The van der Waals surface area contributed by atoms with E-state index < -0.39 is 11.5 Å². The molecule has 0 radical (unpaired) electrons. The number of carboxylic acid groups (broad SMARTS) is 1. The fourth-order valence-electron chi connectivity index (χ4n) is 2.90. The SMILES string of the molecule is CCC(Cc1ccccc1)(C(=O)O)N1CCCC1. The van der Waals surface area contributed by atoms with Crippen molar-refractivity contribution in [3.63, 3.8) is 0 Å². The van der Waals surface area contributed by atoms with Gasteiger partial charge in [-0.15, -0.1) is 0 Å². The highest BCUT2D eigenvalue weighted by Crippen LogP contribution is 2.29. The van der Waals surface area contributed by atoms with Crippen LogP contribution in [0.4, 0.5) is 0 Å². The van der Waals surface area contributed by atoms with Crippen molar-refractivity contribution in [2.45, 2.75) is 38.1 Å². The summed E-state index contributed by atoms with van der Waals surface area (Å²) in [4.78, 5) is 14.0. The van der Waals surface area contributed by atoms with Crippen LogP contribution in [-0.4, -0.2) is 34.6 Å². The lowest BCUT2D eigenvalue weighted by atomic mass is 9.86. The van der Waals surface area contributed by atoms with E-state index in [9.17, 15) is 9.90 Å². The molecule has 3 heteroatoms. The Bertz CT molecular complexity index is 398. The summed E-state index contributed by atoms with van der Waals surface area (Å²) in [6, 6.07) is 9.95. The number of benzene rings is 1. The molecule has 1 atom stereocenters. The molecule has 1 fully saturated rings. The van der Waals surface area contributed by atoms with Gasteiger partial charge in [-0.2, -0.15) is 0 Å². The summed E-state index contributed by atoms with van der Waals surface area (Å²) in [6.07, 6.45) is 3.48. The fraction of sp³-hybridized carbons (Fsp3) is 0.533. The Balaban J connectivity index is 2.26. The van der Waals surface area contributed by atoms with Crippen molar-refractivity contribution in [2.24, 2.45) is 0 Å². The fourth-order valence-corrected chi connectivity index (χ4v) is 2.90. The van der Waals surface area contributed by atoms with Gasteiger partial charge in [0.2, 0.25) is 0 Å². The second-order valence-corrected chi connectivity index (χ2v) is 5.05. The van der Waals surface area contributed by atoms with E-state index in [1.54, 1.807) is 0 Å². The topological polar surface area (TPSA) is 40.5 Å². The van der Waals surface area contributed by atoms with E-state index in [-0.39, 0.29) is 0 Å². The molecule has 1 N–H and O–H groups in total. The number of carbonyl (C=O) groups is 1. The standard InChI is InChI=1S/C15H21NO2/c1-2-15(14(17)18,16-10-6-7-11-16)12-13-8-4-3-5-9-13/h3-5,8-9H,2,6-7,10-12H2,1H3,(H,17,18). The molecule has 0 spiro atoms. The van der Waals surface area contributed by atoms with Crippen LogP contribution in [-0.2, 0) is 11.2 Å². The monoisotopic (exact) mass is 247 g/mol. The van der Waals surface area contributed by atoms with Crippen molar-refractivity contribution in [3.8, 4) is 0 Å². The molecule has 0 aliphatic carbocycles. The summed E-state index contributed by atoms with van der Waals surface area (Å²) in [6.45, 7) is 3.80. The van der Waals surface area contributed by atoms with Gasteiger partial charge in [0.15, 0.2) is 0 Å². The van der Waals surface area contributed by atoms with Crippen LogP contribution in [0.15, 0.2) is 30.3 Å². The molecule has 1 unspecified atom stereocenters. The molecule has 1 aliphatic heterocycles. The number of likely N-dealkylation sites (tertiary alicyclic amines) is 1. The number of hydrogen-bond donors (Lipinski definition) is 1. The maximum absolute atomic E-state index is 11.8. The zero-order chi connectivity index (χ0) is 13.0. The van der Waals surface area contributed by atoms with Crippen LogP contribution < -0.4 is 0 Å². The highest BCUT2D eigenvalue weighted by molar-refractivity contribution is 5.79. The van der Waals surface area contributed by atoms with E-state index in [1.165, 1.54) is 0 Å². The quantitative estimate of drug-likeness (QED) is 0.869. The summed E-state index contributed by atoms with van der Waals surface area (Å²) < 4.78 is 0. The average Bonchev–Trinajstić information content (AvgIpc) is 2.91. The average molecular weight is 247 g/mol.